The minimum atomic E-state index is -0.527. The van der Waals surface area contributed by atoms with Gasteiger partial charge in [-0.05, 0) is 50.2 Å². The second-order valence-electron chi connectivity index (χ2n) is 5.63. The predicted molar refractivity (Wildman–Crippen MR) is 98.7 cm³/mol. The highest BCUT2D eigenvalue weighted by Gasteiger charge is 2.12. The molecule has 1 heterocycles. The normalized spacial score (nSPS) is 10.7. The first kappa shape index (κ1) is 18.4. The van der Waals surface area contributed by atoms with Crippen molar-refractivity contribution in [3.05, 3.63) is 50.7 Å². The highest BCUT2D eigenvalue weighted by Crippen LogP contribution is 2.22. The number of rotatable bonds is 5. The molecular formula is C17H20ClN3O2S. The van der Waals surface area contributed by atoms with Gasteiger partial charge >= 0.3 is 6.03 Å². The Balaban J connectivity index is 1.83. The molecule has 0 saturated carbocycles. The quantitative estimate of drug-likeness (QED) is 0.847. The van der Waals surface area contributed by atoms with Crippen molar-refractivity contribution in [2.24, 2.45) is 0 Å². The molecule has 0 radical (unpaired) electrons. The highest BCUT2D eigenvalue weighted by molar-refractivity contribution is 7.16. The lowest BCUT2D eigenvalue weighted by molar-refractivity contribution is -0.120. The van der Waals surface area contributed by atoms with Crippen molar-refractivity contribution in [1.82, 2.24) is 10.2 Å². The molecule has 0 aliphatic rings. The molecule has 0 unspecified atom stereocenters. The molecule has 1 aromatic carbocycles. The van der Waals surface area contributed by atoms with Crippen molar-refractivity contribution in [1.29, 1.82) is 0 Å². The molecule has 0 bridgehead atoms. The molecule has 2 aromatic rings. The summed E-state index contributed by atoms with van der Waals surface area (Å²) in [6.45, 7) is 4.61. The number of hydrogen-bond donors (Lipinski definition) is 2. The third-order valence-electron chi connectivity index (χ3n) is 3.57. The SMILES string of the molecule is Cc1cccc(NC(=O)NC(=O)CN(C)Cc2ccc(Cl)s2)c1C. The minimum Gasteiger partial charge on any atom is -0.307 e. The van der Waals surface area contributed by atoms with Gasteiger partial charge in [-0.15, -0.1) is 11.3 Å². The van der Waals surface area contributed by atoms with Crippen LogP contribution in [0.25, 0.3) is 0 Å². The maximum absolute atomic E-state index is 12.0. The Morgan fingerprint density at radius 3 is 2.62 bits per heavy atom. The number of imide groups is 1. The molecule has 0 fully saturated rings. The summed E-state index contributed by atoms with van der Waals surface area (Å²) in [5.41, 5.74) is 2.75. The molecule has 0 aliphatic carbocycles. The first-order valence-corrected chi connectivity index (χ1v) is 8.64. The predicted octanol–water partition coefficient (Wildman–Crippen LogP) is 3.80. The first-order valence-electron chi connectivity index (χ1n) is 7.45. The van der Waals surface area contributed by atoms with E-state index in [1.807, 2.05) is 50.1 Å². The van der Waals surface area contributed by atoms with E-state index < -0.39 is 6.03 Å². The van der Waals surface area contributed by atoms with Gasteiger partial charge in [0.1, 0.15) is 0 Å². The fourth-order valence-corrected chi connectivity index (χ4v) is 3.38. The Labute approximate surface area is 150 Å². The third kappa shape index (κ3) is 5.33. The molecule has 2 rings (SSSR count). The Kier molecular flexibility index (Phi) is 6.36. The molecule has 0 saturated heterocycles. The molecule has 3 amide bonds. The summed E-state index contributed by atoms with van der Waals surface area (Å²) < 4.78 is 0.718. The van der Waals surface area contributed by atoms with Crippen molar-refractivity contribution in [3.63, 3.8) is 0 Å². The Hall–Kier alpha value is -1.89. The summed E-state index contributed by atoms with van der Waals surface area (Å²) in [7, 11) is 1.82. The number of amides is 3. The summed E-state index contributed by atoms with van der Waals surface area (Å²) in [6.07, 6.45) is 0. The van der Waals surface area contributed by atoms with Crippen LogP contribution in [0, 0.1) is 13.8 Å². The zero-order valence-electron chi connectivity index (χ0n) is 13.9. The van der Waals surface area contributed by atoms with Crippen LogP contribution >= 0.6 is 22.9 Å². The number of benzene rings is 1. The van der Waals surface area contributed by atoms with E-state index in [9.17, 15) is 9.59 Å². The van der Waals surface area contributed by atoms with E-state index in [1.165, 1.54) is 11.3 Å². The number of thiophene rings is 1. The average Bonchev–Trinajstić information content (AvgIpc) is 2.88. The van der Waals surface area contributed by atoms with Gasteiger partial charge in [0, 0.05) is 17.1 Å². The number of anilines is 1. The van der Waals surface area contributed by atoms with Gasteiger partial charge in [-0.2, -0.15) is 0 Å². The van der Waals surface area contributed by atoms with E-state index in [2.05, 4.69) is 10.6 Å². The Morgan fingerprint density at radius 2 is 1.96 bits per heavy atom. The van der Waals surface area contributed by atoms with Crippen molar-refractivity contribution < 1.29 is 9.59 Å². The third-order valence-corrected chi connectivity index (χ3v) is 4.79. The fraction of sp³-hybridized carbons (Fsp3) is 0.294. The molecule has 2 N–H and O–H groups in total. The van der Waals surface area contributed by atoms with Crippen LogP contribution in [-0.4, -0.2) is 30.4 Å². The van der Waals surface area contributed by atoms with Crippen LogP contribution in [0.4, 0.5) is 10.5 Å². The number of carbonyl (C=O) groups excluding carboxylic acids is 2. The van der Waals surface area contributed by atoms with Gasteiger partial charge in [0.15, 0.2) is 0 Å². The summed E-state index contributed by atoms with van der Waals surface area (Å²) in [6, 6.07) is 8.86. The van der Waals surface area contributed by atoms with Gasteiger partial charge in [0.2, 0.25) is 5.91 Å². The van der Waals surface area contributed by atoms with Crippen LogP contribution in [0.2, 0.25) is 4.34 Å². The van der Waals surface area contributed by atoms with Gasteiger partial charge in [0.05, 0.1) is 10.9 Å². The van der Waals surface area contributed by atoms with E-state index in [-0.39, 0.29) is 12.5 Å². The van der Waals surface area contributed by atoms with Crippen molar-refractivity contribution in [3.8, 4) is 0 Å². The number of halogens is 1. The van der Waals surface area contributed by atoms with E-state index in [0.29, 0.717) is 12.2 Å². The number of hydrogen-bond acceptors (Lipinski definition) is 4. The molecule has 0 atom stereocenters. The summed E-state index contributed by atoms with van der Waals surface area (Å²) in [5.74, 6) is -0.358. The zero-order valence-corrected chi connectivity index (χ0v) is 15.4. The Morgan fingerprint density at radius 1 is 1.21 bits per heavy atom. The molecule has 5 nitrogen and oxygen atoms in total. The minimum absolute atomic E-state index is 0.121. The van der Waals surface area contributed by atoms with Crippen LogP contribution in [0.5, 0.6) is 0 Å². The lowest BCUT2D eigenvalue weighted by atomic mass is 10.1. The molecule has 24 heavy (non-hydrogen) atoms. The van der Waals surface area contributed by atoms with Crippen LogP contribution in [0.15, 0.2) is 30.3 Å². The van der Waals surface area contributed by atoms with Crippen LogP contribution in [-0.2, 0) is 11.3 Å². The van der Waals surface area contributed by atoms with E-state index in [4.69, 9.17) is 11.6 Å². The molecular weight excluding hydrogens is 346 g/mol. The van der Waals surface area contributed by atoms with Gasteiger partial charge in [-0.25, -0.2) is 4.79 Å². The average molecular weight is 366 g/mol. The molecule has 1 aromatic heterocycles. The Bertz CT molecular complexity index is 745. The summed E-state index contributed by atoms with van der Waals surface area (Å²) in [5, 5.41) is 5.05. The van der Waals surface area contributed by atoms with Crippen molar-refractivity contribution in [2.45, 2.75) is 20.4 Å². The molecule has 7 heteroatoms. The van der Waals surface area contributed by atoms with Crippen LogP contribution in [0.1, 0.15) is 16.0 Å². The second kappa shape index (κ2) is 8.28. The molecule has 0 spiro atoms. The van der Waals surface area contributed by atoms with Gasteiger partial charge in [0.25, 0.3) is 0 Å². The maximum Gasteiger partial charge on any atom is 0.325 e. The number of aryl methyl sites for hydroxylation is 1. The van der Waals surface area contributed by atoms with Crippen molar-refractivity contribution >= 4 is 40.6 Å². The van der Waals surface area contributed by atoms with E-state index in [1.54, 1.807) is 6.07 Å². The van der Waals surface area contributed by atoms with Gasteiger partial charge < -0.3 is 5.32 Å². The summed E-state index contributed by atoms with van der Waals surface area (Å²) >= 11 is 7.36. The van der Waals surface area contributed by atoms with Gasteiger partial charge in [-0.3, -0.25) is 15.0 Å². The zero-order chi connectivity index (χ0) is 17.7. The summed E-state index contributed by atoms with van der Waals surface area (Å²) in [4.78, 5) is 26.8. The standard InChI is InChI=1S/C17H20ClN3O2S/c1-11-5-4-6-14(12(11)2)19-17(23)20-16(22)10-21(3)9-13-7-8-15(18)24-13/h4-8H,9-10H2,1-3H3,(H2,19,20,22,23). The molecule has 0 aliphatic heterocycles. The highest BCUT2D eigenvalue weighted by atomic mass is 35.5. The van der Waals surface area contributed by atoms with Crippen LogP contribution in [0.3, 0.4) is 0 Å². The molecule has 128 valence electrons. The smallest absolute Gasteiger partial charge is 0.307 e. The van der Waals surface area contributed by atoms with E-state index >= 15 is 0 Å². The largest absolute Gasteiger partial charge is 0.325 e. The van der Waals surface area contributed by atoms with Gasteiger partial charge in [-0.1, -0.05) is 23.7 Å². The van der Waals surface area contributed by atoms with Crippen molar-refractivity contribution in [2.75, 3.05) is 18.9 Å². The van der Waals surface area contributed by atoms with E-state index in [0.717, 1.165) is 20.3 Å². The van der Waals surface area contributed by atoms with Crippen LogP contribution < -0.4 is 10.6 Å². The fourth-order valence-electron chi connectivity index (χ4n) is 2.21. The number of carbonyl (C=O) groups is 2. The topological polar surface area (TPSA) is 61.4 Å². The number of nitrogens with zero attached hydrogens (tertiary/aromatic N) is 1. The number of urea groups is 1. The lowest BCUT2D eigenvalue weighted by Gasteiger charge is -2.15. The first-order chi connectivity index (χ1) is 11.3. The lowest BCUT2D eigenvalue weighted by Crippen LogP contribution is -2.40. The monoisotopic (exact) mass is 365 g/mol. The maximum atomic E-state index is 12.0. The second-order valence-corrected chi connectivity index (χ2v) is 7.43. The number of likely N-dealkylation sites (N-methyl/N-ethyl adjacent to an activating group) is 1. The number of nitrogens with one attached hydrogen (secondary N) is 2.